The quantitative estimate of drug-likeness (QED) is 0.921. The van der Waals surface area contributed by atoms with Crippen molar-refractivity contribution in [1.82, 2.24) is 9.29 Å². The first-order valence-electron chi connectivity index (χ1n) is 7.23. The van der Waals surface area contributed by atoms with Crippen LogP contribution in [0.25, 0.3) is 0 Å². The van der Waals surface area contributed by atoms with Crippen LogP contribution in [0.5, 0.6) is 0 Å². The maximum absolute atomic E-state index is 13.8. The second-order valence-corrected chi connectivity index (χ2v) is 7.30. The van der Waals surface area contributed by atoms with Gasteiger partial charge in [-0.3, -0.25) is 0 Å². The summed E-state index contributed by atoms with van der Waals surface area (Å²) in [5.41, 5.74) is 0. The second kappa shape index (κ2) is 6.81. The molecule has 1 aliphatic rings. The van der Waals surface area contributed by atoms with Crippen molar-refractivity contribution in [2.24, 2.45) is 0 Å². The summed E-state index contributed by atoms with van der Waals surface area (Å²) in [6.07, 6.45) is 4.30. The fraction of sp³-hybridized carbons (Fsp3) is 0.643. The molecule has 0 saturated carbocycles. The van der Waals surface area contributed by atoms with Crippen LogP contribution in [-0.2, 0) is 10.0 Å². The number of hydrogen-bond donors (Lipinski definition) is 1. The van der Waals surface area contributed by atoms with E-state index >= 15 is 0 Å². The van der Waals surface area contributed by atoms with Crippen molar-refractivity contribution in [3.05, 3.63) is 24.1 Å². The summed E-state index contributed by atoms with van der Waals surface area (Å²) in [5, 5.41) is 9.07. The van der Waals surface area contributed by atoms with Crippen LogP contribution >= 0.6 is 0 Å². The maximum Gasteiger partial charge on any atom is 0.263 e. The Morgan fingerprint density at radius 3 is 2.90 bits per heavy atom. The van der Waals surface area contributed by atoms with Crippen LogP contribution in [0.2, 0.25) is 0 Å². The molecule has 1 aromatic heterocycles. The van der Waals surface area contributed by atoms with Gasteiger partial charge in [0, 0.05) is 18.8 Å². The summed E-state index contributed by atoms with van der Waals surface area (Å²) in [7, 11) is -3.97. The van der Waals surface area contributed by atoms with Crippen LogP contribution in [0.3, 0.4) is 0 Å². The molecule has 118 valence electrons. The first kappa shape index (κ1) is 16.3. The lowest BCUT2D eigenvalue weighted by Crippen LogP contribution is -2.42. The van der Waals surface area contributed by atoms with Gasteiger partial charge >= 0.3 is 0 Å². The van der Waals surface area contributed by atoms with Crippen LogP contribution < -0.4 is 0 Å². The van der Waals surface area contributed by atoms with Gasteiger partial charge in [0.25, 0.3) is 10.0 Å². The molecule has 2 unspecified atom stereocenters. The van der Waals surface area contributed by atoms with Crippen molar-refractivity contribution in [3.8, 4) is 0 Å². The summed E-state index contributed by atoms with van der Waals surface area (Å²) in [5.74, 6) is -0.836. The number of pyridine rings is 1. The number of nitrogens with zero attached hydrogens (tertiary/aromatic N) is 2. The summed E-state index contributed by atoms with van der Waals surface area (Å²) in [4.78, 5) is 3.70. The summed E-state index contributed by atoms with van der Waals surface area (Å²) >= 11 is 0. The fourth-order valence-corrected chi connectivity index (χ4v) is 4.45. The van der Waals surface area contributed by atoms with Crippen molar-refractivity contribution < 1.29 is 17.9 Å². The number of halogens is 1. The Labute approximate surface area is 124 Å². The van der Waals surface area contributed by atoms with Crippen LogP contribution in [0.15, 0.2) is 23.4 Å². The van der Waals surface area contributed by atoms with Crippen molar-refractivity contribution in [1.29, 1.82) is 0 Å². The van der Waals surface area contributed by atoms with Gasteiger partial charge in [-0.25, -0.2) is 17.8 Å². The molecule has 1 N–H and O–H groups in total. The van der Waals surface area contributed by atoms with E-state index in [4.69, 9.17) is 0 Å². The van der Waals surface area contributed by atoms with Crippen molar-refractivity contribution >= 4 is 10.0 Å². The topological polar surface area (TPSA) is 70.5 Å². The third-order valence-corrected chi connectivity index (χ3v) is 5.60. The monoisotopic (exact) mass is 316 g/mol. The smallest absolute Gasteiger partial charge is 0.263 e. The van der Waals surface area contributed by atoms with E-state index in [9.17, 15) is 17.9 Å². The van der Waals surface area contributed by atoms with Gasteiger partial charge in [0.05, 0.1) is 6.10 Å². The molecule has 0 aliphatic carbocycles. The summed E-state index contributed by atoms with van der Waals surface area (Å²) in [6.45, 7) is 1.98. The summed E-state index contributed by atoms with van der Waals surface area (Å²) in [6, 6.07) is 2.16. The number of rotatable bonds is 4. The molecule has 0 amide bonds. The third kappa shape index (κ3) is 3.78. The predicted molar refractivity (Wildman–Crippen MR) is 76.6 cm³/mol. The molecule has 1 aliphatic heterocycles. The normalized spacial score (nSPS) is 22.7. The predicted octanol–water partition coefficient (Wildman–Crippen LogP) is 1.92. The average Bonchev–Trinajstić information content (AvgIpc) is 2.64. The largest absolute Gasteiger partial charge is 0.393 e. The Bertz CT molecular complexity index is 577. The van der Waals surface area contributed by atoms with Gasteiger partial charge in [-0.05, 0) is 38.3 Å². The van der Waals surface area contributed by atoms with E-state index in [1.807, 2.05) is 0 Å². The molecule has 0 bridgehead atoms. The van der Waals surface area contributed by atoms with Gasteiger partial charge in [0.2, 0.25) is 5.03 Å². The molecule has 1 fully saturated rings. The van der Waals surface area contributed by atoms with Crippen LogP contribution in [0.4, 0.5) is 4.39 Å². The Hall–Kier alpha value is -1.05. The molecule has 21 heavy (non-hydrogen) atoms. The molecule has 2 rings (SSSR count). The molecule has 1 aromatic rings. The Balaban J connectivity index is 2.36. The highest BCUT2D eigenvalue weighted by Gasteiger charge is 2.35. The number of aliphatic hydroxyl groups excluding tert-OH is 1. The lowest BCUT2D eigenvalue weighted by molar-refractivity contribution is 0.146. The van der Waals surface area contributed by atoms with E-state index in [0.29, 0.717) is 19.4 Å². The molecule has 7 heteroatoms. The standard InChI is InChI=1S/C14H21FN2O3S/c1-11(18)10-12-6-3-2-4-9-17(12)21(19,20)14-13(15)7-5-8-16-14/h5,7-8,11-12,18H,2-4,6,9-10H2,1H3. The number of aromatic nitrogens is 1. The van der Waals surface area contributed by atoms with Crippen LogP contribution in [0, 0.1) is 5.82 Å². The number of sulfonamides is 1. The minimum absolute atomic E-state index is 0.307. The second-order valence-electron chi connectivity index (χ2n) is 5.49. The van der Waals surface area contributed by atoms with E-state index in [0.717, 1.165) is 25.3 Å². The molecule has 0 aromatic carbocycles. The van der Waals surface area contributed by atoms with Gasteiger partial charge in [-0.2, -0.15) is 4.31 Å². The van der Waals surface area contributed by atoms with E-state index < -0.39 is 27.0 Å². The molecule has 0 radical (unpaired) electrons. The fourth-order valence-electron chi connectivity index (χ4n) is 2.77. The van der Waals surface area contributed by atoms with E-state index in [-0.39, 0.29) is 6.04 Å². The van der Waals surface area contributed by atoms with Crippen LogP contribution in [0.1, 0.15) is 39.0 Å². The van der Waals surface area contributed by atoms with E-state index in [1.54, 1.807) is 6.92 Å². The minimum atomic E-state index is -3.97. The molecule has 2 atom stereocenters. The third-order valence-electron chi connectivity index (χ3n) is 3.71. The molecule has 1 saturated heterocycles. The highest BCUT2D eigenvalue weighted by atomic mass is 32.2. The Morgan fingerprint density at radius 1 is 1.48 bits per heavy atom. The Morgan fingerprint density at radius 2 is 2.24 bits per heavy atom. The van der Waals surface area contributed by atoms with Crippen molar-refractivity contribution in [2.75, 3.05) is 6.54 Å². The van der Waals surface area contributed by atoms with Gasteiger partial charge in [-0.15, -0.1) is 0 Å². The average molecular weight is 316 g/mol. The molecular weight excluding hydrogens is 295 g/mol. The number of aliphatic hydroxyl groups is 1. The van der Waals surface area contributed by atoms with Crippen molar-refractivity contribution in [3.63, 3.8) is 0 Å². The zero-order chi connectivity index (χ0) is 15.5. The number of hydrogen-bond acceptors (Lipinski definition) is 4. The lowest BCUT2D eigenvalue weighted by Gasteiger charge is -2.29. The van der Waals surface area contributed by atoms with Gasteiger partial charge in [0.1, 0.15) is 0 Å². The zero-order valence-electron chi connectivity index (χ0n) is 12.1. The van der Waals surface area contributed by atoms with Gasteiger partial charge in [0.15, 0.2) is 5.82 Å². The highest BCUT2D eigenvalue weighted by Crippen LogP contribution is 2.27. The SMILES string of the molecule is CC(O)CC1CCCCCN1S(=O)(=O)c1ncccc1F. The Kier molecular flexibility index (Phi) is 5.29. The molecular formula is C14H21FN2O3S. The molecule has 5 nitrogen and oxygen atoms in total. The first-order valence-corrected chi connectivity index (χ1v) is 8.67. The first-order chi connectivity index (χ1) is 9.93. The zero-order valence-corrected chi connectivity index (χ0v) is 12.9. The van der Waals surface area contributed by atoms with E-state index in [2.05, 4.69) is 4.98 Å². The minimum Gasteiger partial charge on any atom is -0.393 e. The molecule has 0 spiro atoms. The van der Waals surface area contributed by atoms with Gasteiger partial charge < -0.3 is 5.11 Å². The van der Waals surface area contributed by atoms with Crippen molar-refractivity contribution in [2.45, 2.75) is 56.2 Å². The maximum atomic E-state index is 13.8. The molecule has 2 heterocycles. The van der Waals surface area contributed by atoms with Crippen LogP contribution in [-0.4, -0.2) is 41.5 Å². The highest BCUT2D eigenvalue weighted by molar-refractivity contribution is 7.89. The lowest BCUT2D eigenvalue weighted by atomic mass is 10.1. The summed E-state index contributed by atoms with van der Waals surface area (Å²) < 4.78 is 40.5. The van der Waals surface area contributed by atoms with Gasteiger partial charge in [-0.1, -0.05) is 12.8 Å². The van der Waals surface area contributed by atoms with E-state index in [1.165, 1.54) is 16.6 Å².